The standard InChI is InChI=1S/C42H38O8P4S6/c1-5-47-53(45,48-6-2)41-35(43)39(51(31-19-13-25-59-31)37(41)29-17-11-23-57-29)33(27-15-9-21-55-27)34(28-16-10-22-56-28)40-36(44)42(54(46,49-7-3)50-8-4)38(30-18-12-24-58-30)52(40)32-20-14-26-60-32/h9-26H,5-8H2,1-4H3/b39-33-,40-34-. The summed E-state index contributed by atoms with van der Waals surface area (Å²) in [4.78, 5) is 35.0. The van der Waals surface area contributed by atoms with Crippen LogP contribution in [-0.4, -0.2) is 38.0 Å². The number of ketones is 2. The summed E-state index contributed by atoms with van der Waals surface area (Å²) in [5, 5.41) is 13.9. The highest BCUT2D eigenvalue weighted by Crippen LogP contribution is 2.77. The molecule has 60 heavy (non-hydrogen) atoms. The lowest BCUT2D eigenvalue weighted by Gasteiger charge is -2.23. The van der Waals surface area contributed by atoms with Crippen LogP contribution >= 0.6 is 99.1 Å². The molecule has 2 atom stereocenters. The quantitative estimate of drug-likeness (QED) is 0.0657. The van der Waals surface area contributed by atoms with Crippen molar-refractivity contribution >= 4 is 142 Å². The van der Waals surface area contributed by atoms with E-state index < -0.39 is 42.6 Å². The van der Waals surface area contributed by atoms with Gasteiger partial charge in [-0.15, -0.1) is 68.0 Å². The summed E-state index contributed by atoms with van der Waals surface area (Å²) in [6.45, 7) is 7.19. The van der Waals surface area contributed by atoms with Gasteiger partial charge in [-0.3, -0.25) is 18.7 Å². The third-order valence-corrected chi connectivity index (χ3v) is 25.5. The molecule has 18 heteroatoms. The smallest absolute Gasteiger partial charge is 0.305 e. The highest BCUT2D eigenvalue weighted by atomic mass is 32.1. The molecular formula is C42H38O8P4S6. The van der Waals surface area contributed by atoms with Crippen molar-refractivity contribution in [1.82, 2.24) is 0 Å². The fourth-order valence-electron chi connectivity index (χ4n) is 7.12. The first kappa shape index (κ1) is 44.3. The zero-order valence-corrected chi connectivity index (χ0v) is 41.2. The third kappa shape index (κ3) is 8.06. The van der Waals surface area contributed by atoms with Gasteiger partial charge < -0.3 is 18.1 Å². The molecule has 2 unspecified atom stereocenters. The summed E-state index contributed by atoms with van der Waals surface area (Å²) in [5.74, 6) is -0.874. The maximum atomic E-state index is 16.0. The SMILES string of the molecule is CCOP(=O)(OCC)C1=C(c2cccs2)P(c2cccs2)/C(=C(\C(=C2\C(=O)C(P(=O)(OCC)OCC)=C(c3cccs3)P2c2cccs2)c2cccs2)c2cccs2)C1=O. The first-order valence-electron chi connectivity index (χ1n) is 18.9. The zero-order chi connectivity index (χ0) is 42.0. The Morgan fingerprint density at radius 3 is 1.10 bits per heavy atom. The molecule has 2 aliphatic heterocycles. The molecule has 8 nitrogen and oxygen atoms in total. The Balaban J connectivity index is 1.56. The second kappa shape index (κ2) is 19.2. The molecule has 0 spiro atoms. The van der Waals surface area contributed by atoms with E-state index >= 15 is 18.7 Å². The van der Waals surface area contributed by atoms with Crippen LogP contribution in [0.4, 0.5) is 0 Å². The second-order valence-electron chi connectivity index (χ2n) is 12.6. The van der Waals surface area contributed by atoms with E-state index in [2.05, 4.69) is 0 Å². The van der Waals surface area contributed by atoms with Gasteiger partial charge in [-0.05, 0) is 96.4 Å². The lowest BCUT2D eigenvalue weighted by molar-refractivity contribution is -0.111. The Hall–Kier alpha value is -2.34. The van der Waals surface area contributed by atoms with Crippen molar-refractivity contribution in [2.75, 3.05) is 26.4 Å². The van der Waals surface area contributed by atoms with E-state index in [4.69, 9.17) is 18.1 Å². The molecule has 0 saturated heterocycles. The number of Topliss-reactive ketones (excluding diaryl/α,β-unsaturated/α-hetero) is 2. The molecule has 0 fully saturated rings. The van der Waals surface area contributed by atoms with Gasteiger partial charge in [0.1, 0.15) is 10.6 Å². The topological polar surface area (TPSA) is 105 Å². The normalized spacial score (nSPS) is 19.3. The van der Waals surface area contributed by atoms with Crippen molar-refractivity contribution in [3.05, 3.63) is 146 Å². The van der Waals surface area contributed by atoms with Crippen LogP contribution in [0.15, 0.2) is 126 Å². The summed E-state index contributed by atoms with van der Waals surface area (Å²) >= 11 is 8.91. The minimum Gasteiger partial charge on any atom is -0.305 e. The highest BCUT2D eigenvalue weighted by molar-refractivity contribution is 7.88. The van der Waals surface area contributed by atoms with Gasteiger partial charge in [0.15, 0.2) is 0 Å². The van der Waals surface area contributed by atoms with Crippen LogP contribution in [0.3, 0.4) is 0 Å². The Labute approximate surface area is 375 Å². The fraction of sp³-hybridized carbons (Fsp3) is 0.190. The first-order chi connectivity index (χ1) is 29.2. The zero-order valence-electron chi connectivity index (χ0n) is 32.7. The maximum absolute atomic E-state index is 16.0. The Morgan fingerprint density at radius 2 is 0.817 bits per heavy atom. The lowest BCUT2D eigenvalue weighted by atomic mass is 9.98. The van der Waals surface area contributed by atoms with Crippen molar-refractivity contribution in [2.24, 2.45) is 0 Å². The average Bonchev–Trinajstić information content (AvgIpc) is 4.06. The molecule has 310 valence electrons. The van der Waals surface area contributed by atoms with E-state index in [1.54, 1.807) is 27.7 Å². The minimum atomic E-state index is -4.21. The van der Waals surface area contributed by atoms with Crippen molar-refractivity contribution < 1.29 is 36.8 Å². The van der Waals surface area contributed by atoms with Crippen molar-refractivity contribution in [3.8, 4) is 0 Å². The molecule has 8 heterocycles. The van der Waals surface area contributed by atoms with Gasteiger partial charge in [-0.1, -0.05) is 36.4 Å². The number of rotatable bonds is 17. The summed E-state index contributed by atoms with van der Waals surface area (Å²) in [7, 11) is -11.8. The van der Waals surface area contributed by atoms with Gasteiger partial charge in [0, 0.05) is 77.0 Å². The van der Waals surface area contributed by atoms with Crippen LogP contribution < -0.4 is 9.24 Å². The van der Waals surface area contributed by atoms with E-state index in [-0.39, 0.29) is 37.1 Å². The predicted octanol–water partition coefficient (Wildman–Crippen LogP) is 14.2. The molecule has 2 aliphatic rings. The van der Waals surface area contributed by atoms with Crippen molar-refractivity contribution in [3.63, 3.8) is 0 Å². The maximum Gasteiger partial charge on any atom is 0.366 e. The lowest BCUT2D eigenvalue weighted by Crippen LogP contribution is -2.11. The second-order valence-corrected chi connectivity index (χ2v) is 27.0. The summed E-state index contributed by atoms with van der Waals surface area (Å²) in [6, 6.07) is 23.5. The van der Waals surface area contributed by atoms with Crippen LogP contribution in [0.1, 0.15) is 47.2 Å². The molecule has 0 N–H and O–H groups in total. The predicted molar refractivity (Wildman–Crippen MR) is 258 cm³/mol. The molecule has 0 bridgehead atoms. The van der Waals surface area contributed by atoms with E-state index in [1.165, 1.54) is 68.0 Å². The van der Waals surface area contributed by atoms with Crippen LogP contribution in [0.25, 0.3) is 21.8 Å². The number of hydrogen-bond acceptors (Lipinski definition) is 14. The molecular weight excluding hydrogens is 949 g/mol. The van der Waals surface area contributed by atoms with Crippen molar-refractivity contribution in [2.45, 2.75) is 27.7 Å². The summed E-state index contributed by atoms with van der Waals surface area (Å²) in [6.07, 6.45) is 0. The molecule has 0 saturated carbocycles. The van der Waals surface area contributed by atoms with Gasteiger partial charge in [-0.25, -0.2) is 0 Å². The molecule has 8 rings (SSSR count). The van der Waals surface area contributed by atoms with Gasteiger partial charge >= 0.3 is 15.2 Å². The van der Waals surface area contributed by atoms with Crippen LogP contribution in [0.5, 0.6) is 0 Å². The van der Waals surface area contributed by atoms with E-state index in [0.29, 0.717) is 32.4 Å². The number of carbonyl (C=O) groups is 2. The monoisotopic (exact) mass is 986 g/mol. The molecule has 0 aliphatic carbocycles. The van der Waals surface area contributed by atoms with E-state index in [1.807, 2.05) is 105 Å². The van der Waals surface area contributed by atoms with Crippen LogP contribution in [0, 0.1) is 0 Å². The molecule has 6 aromatic heterocycles. The summed E-state index contributed by atoms with van der Waals surface area (Å²) in [5.41, 5.74) is 1.14. The average molecular weight is 987 g/mol. The Bertz CT molecular complexity index is 2490. The highest BCUT2D eigenvalue weighted by Gasteiger charge is 2.54. The Morgan fingerprint density at radius 1 is 0.483 bits per heavy atom. The van der Waals surface area contributed by atoms with Gasteiger partial charge in [0.05, 0.1) is 26.4 Å². The number of carbonyl (C=O) groups excluding carboxylic acids is 2. The summed E-state index contributed by atoms with van der Waals surface area (Å²) < 4.78 is 56.4. The molecule has 0 amide bonds. The van der Waals surface area contributed by atoms with Crippen LogP contribution in [0.2, 0.25) is 0 Å². The van der Waals surface area contributed by atoms with Gasteiger partial charge in [0.2, 0.25) is 11.6 Å². The van der Waals surface area contributed by atoms with Gasteiger partial charge in [0.25, 0.3) is 0 Å². The number of allylic oxidation sites excluding steroid dienone is 6. The number of hydrogen-bond donors (Lipinski definition) is 0. The van der Waals surface area contributed by atoms with Gasteiger partial charge in [-0.2, -0.15) is 0 Å². The van der Waals surface area contributed by atoms with E-state index in [9.17, 15) is 0 Å². The van der Waals surface area contributed by atoms with E-state index in [0.717, 1.165) is 28.7 Å². The van der Waals surface area contributed by atoms with Crippen LogP contribution in [-0.2, 0) is 36.8 Å². The fourth-order valence-corrected chi connectivity index (χ4v) is 24.0. The third-order valence-electron chi connectivity index (χ3n) is 9.17. The molecule has 0 radical (unpaired) electrons. The first-order valence-corrected chi connectivity index (χ1v) is 29.9. The molecule has 0 aromatic carbocycles. The minimum absolute atomic E-state index is 0.0290. The van der Waals surface area contributed by atoms with Crippen molar-refractivity contribution in [1.29, 1.82) is 0 Å². The number of thiophene rings is 6. The Kier molecular flexibility index (Phi) is 14.2. The molecule has 6 aromatic rings. The largest absolute Gasteiger partial charge is 0.366 e.